The van der Waals surface area contributed by atoms with Gasteiger partial charge in [0.1, 0.15) is 12.1 Å². The molecule has 0 aliphatic heterocycles. The zero-order valence-electron chi connectivity index (χ0n) is 20.2. The second-order valence-corrected chi connectivity index (χ2v) is 10.6. The summed E-state index contributed by atoms with van der Waals surface area (Å²) in [6.45, 7) is 3.61. The standard InChI is InChI=1S/C28H32N2O5/c1-17(24(31)30-28(25(32)33)15-27(16-28)12-7-13-27)18(2)29-26(34)35-14-23-21-10-5-3-8-19(21)20-9-4-6-11-22(20)23/h3-6,8-11,17-18,23H,7,12-16H2,1-2H3,(H,29,34)(H,30,31)(H,32,33). The first kappa shape index (κ1) is 23.4. The number of amides is 2. The number of alkyl carbamates (subject to hydrolysis) is 1. The van der Waals surface area contributed by atoms with E-state index in [4.69, 9.17) is 4.74 Å². The molecule has 0 bridgehead atoms. The van der Waals surface area contributed by atoms with Crippen LogP contribution in [-0.2, 0) is 14.3 Å². The second kappa shape index (κ2) is 8.70. The largest absolute Gasteiger partial charge is 0.480 e. The van der Waals surface area contributed by atoms with E-state index in [9.17, 15) is 19.5 Å². The lowest BCUT2D eigenvalue weighted by atomic mass is 9.48. The molecule has 2 unspecified atom stereocenters. The number of ether oxygens (including phenoxy) is 1. The molecule has 0 saturated heterocycles. The van der Waals surface area contributed by atoms with Gasteiger partial charge in [0.25, 0.3) is 0 Å². The van der Waals surface area contributed by atoms with Crippen molar-refractivity contribution in [3.05, 3.63) is 59.7 Å². The summed E-state index contributed by atoms with van der Waals surface area (Å²) in [6, 6.07) is 15.7. The van der Waals surface area contributed by atoms with Gasteiger partial charge in [-0.2, -0.15) is 0 Å². The number of carbonyl (C=O) groups excluding carboxylic acids is 2. The Labute approximate surface area is 205 Å². The third-order valence-corrected chi connectivity index (χ3v) is 8.39. The summed E-state index contributed by atoms with van der Waals surface area (Å²) in [7, 11) is 0. The van der Waals surface area contributed by atoms with E-state index < -0.39 is 29.6 Å². The summed E-state index contributed by atoms with van der Waals surface area (Å²) in [6.07, 6.45) is 3.58. The fraction of sp³-hybridized carbons (Fsp3) is 0.464. The zero-order valence-corrected chi connectivity index (χ0v) is 20.2. The molecule has 2 amide bonds. The van der Waals surface area contributed by atoms with Crippen LogP contribution in [-0.4, -0.2) is 41.3 Å². The predicted molar refractivity (Wildman–Crippen MR) is 131 cm³/mol. The molecule has 3 aliphatic carbocycles. The molecule has 35 heavy (non-hydrogen) atoms. The molecule has 7 heteroatoms. The summed E-state index contributed by atoms with van der Waals surface area (Å²) in [5.41, 5.74) is 3.48. The van der Waals surface area contributed by atoms with Gasteiger partial charge in [-0.15, -0.1) is 0 Å². The van der Waals surface area contributed by atoms with Crippen LogP contribution in [0.5, 0.6) is 0 Å². The van der Waals surface area contributed by atoms with Crippen molar-refractivity contribution >= 4 is 18.0 Å². The highest BCUT2D eigenvalue weighted by molar-refractivity contribution is 5.89. The SMILES string of the molecule is CC(NC(=O)OCC1c2ccccc2-c2ccccc21)C(C)C(=O)NC1(C(=O)O)CC2(CCC2)C1. The quantitative estimate of drug-likeness (QED) is 0.548. The maximum absolute atomic E-state index is 12.9. The van der Waals surface area contributed by atoms with Gasteiger partial charge in [0.15, 0.2) is 0 Å². The third-order valence-electron chi connectivity index (χ3n) is 8.39. The highest BCUT2D eigenvalue weighted by Crippen LogP contribution is 2.60. The Morgan fingerprint density at radius 1 is 1.00 bits per heavy atom. The topological polar surface area (TPSA) is 105 Å². The molecule has 7 nitrogen and oxygen atoms in total. The van der Waals surface area contributed by atoms with Crippen LogP contribution >= 0.6 is 0 Å². The summed E-state index contributed by atoms with van der Waals surface area (Å²) >= 11 is 0. The van der Waals surface area contributed by atoms with Gasteiger partial charge in [0.05, 0.1) is 5.92 Å². The number of carbonyl (C=O) groups is 3. The van der Waals surface area contributed by atoms with E-state index in [0.29, 0.717) is 12.8 Å². The number of hydrogen-bond acceptors (Lipinski definition) is 4. The number of carboxylic acid groups (broad SMARTS) is 1. The van der Waals surface area contributed by atoms with Crippen LogP contribution in [0.15, 0.2) is 48.5 Å². The minimum absolute atomic E-state index is 0.0444. The van der Waals surface area contributed by atoms with Crippen LogP contribution < -0.4 is 10.6 Å². The lowest BCUT2D eigenvalue weighted by Crippen LogP contribution is -2.69. The lowest BCUT2D eigenvalue weighted by Gasteiger charge is -2.59. The monoisotopic (exact) mass is 476 g/mol. The normalized spacial score (nSPS) is 20.4. The average Bonchev–Trinajstić information content (AvgIpc) is 3.11. The first-order valence-electron chi connectivity index (χ1n) is 12.4. The first-order valence-corrected chi connectivity index (χ1v) is 12.4. The van der Waals surface area contributed by atoms with Crippen molar-refractivity contribution < 1.29 is 24.2 Å². The van der Waals surface area contributed by atoms with E-state index in [-0.39, 0.29) is 23.8 Å². The Hall–Kier alpha value is -3.35. The molecular weight excluding hydrogens is 444 g/mol. The highest BCUT2D eigenvalue weighted by Gasteiger charge is 2.62. The van der Waals surface area contributed by atoms with Crippen LogP contribution in [0.25, 0.3) is 11.1 Å². The molecule has 2 saturated carbocycles. The smallest absolute Gasteiger partial charge is 0.407 e. The fourth-order valence-electron chi connectivity index (χ4n) is 6.08. The van der Waals surface area contributed by atoms with Gasteiger partial charge in [-0.25, -0.2) is 9.59 Å². The van der Waals surface area contributed by atoms with Crippen molar-refractivity contribution in [2.24, 2.45) is 11.3 Å². The molecule has 1 spiro atoms. The summed E-state index contributed by atoms with van der Waals surface area (Å²) in [5, 5.41) is 15.3. The van der Waals surface area contributed by atoms with Crippen LogP contribution in [0.4, 0.5) is 4.79 Å². The maximum atomic E-state index is 12.9. The first-order chi connectivity index (χ1) is 16.7. The Morgan fingerprint density at radius 3 is 2.09 bits per heavy atom. The van der Waals surface area contributed by atoms with Crippen LogP contribution in [0.3, 0.4) is 0 Å². The third kappa shape index (κ3) is 4.07. The Bertz CT molecular complexity index is 1120. The van der Waals surface area contributed by atoms with Gasteiger partial charge in [0.2, 0.25) is 5.91 Å². The van der Waals surface area contributed by atoms with Gasteiger partial charge in [-0.05, 0) is 60.3 Å². The van der Waals surface area contributed by atoms with E-state index in [1.165, 1.54) is 0 Å². The number of carboxylic acids is 1. The molecule has 0 heterocycles. The van der Waals surface area contributed by atoms with Crippen molar-refractivity contribution in [2.75, 3.05) is 6.61 Å². The average molecular weight is 477 g/mol. The number of hydrogen-bond donors (Lipinski definition) is 3. The maximum Gasteiger partial charge on any atom is 0.407 e. The Balaban J connectivity index is 1.16. The van der Waals surface area contributed by atoms with Crippen molar-refractivity contribution in [1.29, 1.82) is 0 Å². The molecular formula is C28H32N2O5. The molecule has 0 radical (unpaired) electrons. The minimum Gasteiger partial charge on any atom is -0.480 e. The number of fused-ring (bicyclic) bond motifs is 3. The summed E-state index contributed by atoms with van der Waals surface area (Å²) in [4.78, 5) is 37.4. The molecule has 0 aromatic heterocycles. The molecule has 5 rings (SSSR count). The van der Waals surface area contributed by atoms with Crippen LogP contribution in [0.2, 0.25) is 0 Å². The molecule has 3 aliphatic rings. The lowest BCUT2D eigenvalue weighted by molar-refractivity contribution is -0.166. The van der Waals surface area contributed by atoms with E-state index in [2.05, 4.69) is 34.9 Å². The zero-order chi connectivity index (χ0) is 24.8. The Kier molecular flexibility index (Phi) is 5.82. The van der Waals surface area contributed by atoms with Gasteiger partial charge in [-0.3, -0.25) is 4.79 Å². The van der Waals surface area contributed by atoms with Crippen molar-refractivity contribution in [2.45, 2.75) is 63.5 Å². The Morgan fingerprint density at radius 2 is 1.57 bits per heavy atom. The van der Waals surface area contributed by atoms with Crippen molar-refractivity contribution in [1.82, 2.24) is 10.6 Å². The number of nitrogens with one attached hydrogen (secondary N) is 2. The number of aliphatic carboxylic acids is 1. The van der Waals surface area contributed by atoms with Crippen LogP contribution in [0, 0.1) is 11.3 Å². The molecule has 3 N–H and O–H groups in total. The second-order valence-electron chi connectivity index (χ2n) is 10.6. The van der Waals surface area contributed by atoms with Gasteiger partial charge in [0, 0.05) is 12.0 Å². The van der Waals surface area contributed by atoms with E-state index in [1.54, 1.807) is 13.8 Å². The fourth-order valence-corrected chi connectivity index (χ4v) is 6.08. The summed E-state index contributed by atoms with van der Waals surface area (Å²) < 4.78 is 5.59. The number of rotatable bonds is 7. The van der Waals surface area contributed by atoms with Gasteiger partial charge >= 0.3 is 12.1 Å². The molecule has 184 valence electrons. The highest BCUT2D eigenvalue weighted by atomic mass is 16.5. The van der Waals surface area contributed by atoms with Crippen molar-refractivity contribution in [3.63, 3.8) is 0 Å². The van der Waals surface area contributed by atoms with Gasteiger partial charge in [-0.1, -0.05) is 61.9 Å². The van der Waals surface area contributed by atoms with E-state index in [1.807, 2.05) is 24.3 Å². The van der Waals surface area contributed by atoms with E-state index in [0.717, 1.165) is 41.5 Å². The molecule has 2 aromatic rings. The summed E-state index contributed by atoms with van der Waals surface area (Å²) in [5.74, 6) is -2.00. The predicted octanol–water partition coefficient (Wildman–Crippen LogP) is 4.45. The van der Waals surface area contributed by atoms with Crippen molar-refractivity contribution in [3.8, 4) is 11.1 Å². The molecule has 2 atom stereocenters. The molecule has 2 aromatic carbocycles. The molecule has 2 fully saturated rings. The number of benzene rings is 2. The minimum atomic E-state index is -1.19. The van der Waals surface area contributed by atoms with Crippen LogP contribution in [0.1, 0.15) is 63.0 Å². The van der Waals surface area contributed by atoms with E-state index >= 15 is 0 Å². The van der Waals surface area contributed by atoms with Gasteiger partial charge < -0.3 is 20.5 Å².